The van der Waals surface area contributed by atoms with Crippen molar-refractivity contribution in [1.82, 2.24) is 0 Å². The van der Waals surface area contributed by atoms with Gasteiger partial charge < -0.3 is 10.2 Å². The summed E-state index contributed by atoms with van der Waals surface area (Å²) >= 11 is 0. The van der Waals surface area contributed by atoms with Gasteiger partial charge in [0.2, 0.25) is 0 Å². The van der Waals surface area contributed by atoms with E-state index in [2.05, 4.69) is 74.4 Å². The minimum atomic E-state index is 0.110. The van der Waals surface area contributed by atoms with Gasteiger partial charge in [-0.05, 0) is 89.5 Å². The first-order valence-corrected chi connectivity index (χ1v) is 11.4. The Morgan fingerprint density at radius 3 is 1.37 bits per heavy atom. The summed E-state index contributed by atoms with van der Waals surface area (Å²) in [6.45, 7) is 19.7. The quantitative estimate of drug-likeness (QED) is 0.509. The van der Waals surface area contributed by atoms with E-state index in [0.29, 0.717) is 11.5 Å². The van der Waals surface area contributed by atoms with Gasteiger partial charge in [0, 0.05) is 5.92 Å². The van der Waals surface area contributed by atoms with Crippen molar-refractivity contribution in [3.05, 3.63) is 57.6 Å². The summed E-state index contributed by atoms with van der Waals surface area (Å²) in [5, 5.41) is 21.2. The summed E-state index contributed by atoms with van der Waals surface area (Å²) in [5.41, 5.74) is 7.12. The second kappa shape index (κ2) is 9.04. The molecular formula is C28H42O2. The highest BCUT2D eigenvalue weighted by molar-refractivity contribution is 5.50. The van der Waals surface area contributed by atoms with Crippen LogP contribution in [-0.4, -0.2) is 10.2 Å². The number of phenols is 2. The van der Waals surface area contributed by atoms with Crippen molar-refractivity contribution >= 4 is 0 Å². The maximum Gasteiger partial charge on any atom is 0.119 e. The normalized spacial score (nSPS) is 12.6. The van der Waals surface area contributed by atoms with Crippen LogP contribution in [0, 0.1) is 24.7 Å². The number of rotatable bonds is 6. The van der Waals surface area contributed by atoms with Crippen LogP contribution in [0.2, 0.25) is 0 Å². The number of hydrogen-bond donors (Lipinski definition) is 2. The van der Waals surface area contributed by atoms with Crippen molar-refractivity contribution in [2.75, 3.05) is 0 Å². The molecule has 30 heavy (non-hydrogen) atoms. The third-order valence-corrected chi connectivity index (χ3v) is 5.70. The Bertz CT molecular complexity index is 807. The van der Waals surface area contributed by atoms with Gasteiger partial charge in [-0.15, -0.1) is 0 Å². The first kappa shape index (κ1) is 24.3. The number of aromatic hydroxyl groups is 2. The van der Waals surface area contributed by atoms with Crippen LogP contribution in [0.5, 0.6) is 11.5 Å². The highest BCUT2D eigenvalue weighted by atomic mass is 16.3. The van der Waals surface area contributed by atoms with Gasteiger partial charge in [-0.25, -0.2) is 0 Å². The fourth-order valence-electron chi connectivity index (χ4n) is 4.46. The maximum absolute atomic E-state index is 10.6. The van der Waals surface area contributed by atoms with Gasteiger partial charge in [0.05, 0.1) is 0 Å². The molecule has 0 aliphatic rings. The van der Waals surface area contributed by atoms with Crippen molar-refractivity contribution in [3.63, 3.8) is 0 Å². The molecule has 0 atom stereocenters. The first-order chi connectivity index (χ1) is 13.7. The molecule has 0 aliphatic carbocycles. The van der Waals surface area contributed by atoms with E-state index in [1.807, 2.05) is 12.1 Å². The standard InChI is InChI=1S/C28H42O2/c1-10-11-22(23-14-20(16-27(4,5)6)25(29)12-18(23)2)24-15-21(17-28(7,8)9)26(30)13-19(24)3/h12-15,22,29-30H,10-11,16-17H2,1-9H3. The number of phenolic OH excluding ortho intramolecular Hbond substituents is 2. The second-order valence-corrected chi connectivity index (χ2v) is 11.5. The molecule has 2 N–H and O–H groups in total. The van der Waals surface area contributed by atoms with Gasteiger partial charge in [0.15, 0.2) is 0 Å². The lowest BCUT2D eigenvalue weighted by Crippen LogP contribution is -2.13. The highest BCUT2D eigenvalue weighted by Crippen LogP contribution is 2.40. The minimum absolute atomic E-state index is 0.110. The molecule has 2 nitrogen and oxygen atoms in total. The molecule has 0 amide bonds. The molecule has 2 rings (SSSR count). The highest BCUT2D eigenvalue weighted by Gasteiger charge is 2.24. The minimum Gasteiger partial charge on any atom is -0.508 e. The topological polar surface area (TPSA) is 40.5 Å². The van der Waals surface area contributed by atoms with Crippen LogP contribution >= 0.6 is 0 Å². The zero-order valence-corrected chi connectivity index (χ0v) is 20.6. The Morgan fingerprint density at radius 2 is 1.07 bits per heavy atom. The Hall–Kier alpha value is -1.96. The molecule has 0 aliphatic heterocycles. The average molecular weight is 411 g/mol. The molecule has 0 fully saturated rings. The SMILES string of the molecule is CCCC(c1cc(CC(C)(C)C)c(O)cc1C)c1cc(CC(C)(C)C)c(O)cc1C. The molecule has 0 unspecified atom stereocenters. The fraction of sp³-hybridized carbons (Fsp3) is 0.571. The Kier molecular flexibility index (Phi) is 7.32. The van der Waals surface area contributed by atoms with E-state index in [-0.39, 0.29) is 16.7 Å². The van der Waals surface area contributed by atoms with Crippen LogP contribution in [0.3, 0.4) is 0 Å². The van der Waals surface area contributed by atoms with E-state index in [4.69, 9.17) is 0 Å². The molecule has 0 bridgehead atoms. The van der Waals surface area contributed by atoms with Crippen LogP contribution in [0.1, 0.15) is 101 Å². The Morgan fingerprint density at radius 1 is 0.700 bits per heavy atom. The maximum atomic E-state index is 10.6. The van der Waals surface area contributed by atoms with Crippen molar-refractivity contribution in [2.45, 2.75) is 93.9 Å². The van der Waals surface area contributed by atoms with Crippen molar-refractivity contribution in [2.24, 2.45) is 10.8 Å². The van der Waals surface area contributed by atoms with Crippen molar-refractivity contribution in [1.29, 1.82) is 0 Å². The molecule has 2 aromatic rings. The van der Waals surface area contributed by atoms with E-state index in [1.54, 1.807) is 0 Å². The second-order valence-electron chi connectivity index (χ2n) is 11.5. The molecule has 0 saturated heterocycles. The summed E-state index contributed by atoms with van der Waals surface area (Å²) in [6.07, 6.45) is 3.80. The van der Waals surface area contributed by atoms with Crippen LogP contribution in [0.25, 0.3) is 0 Å². The molecule has 2 aromatic carbocycles. The first-order valence-electron chi connectivity index (χ1n) is 11.4. The molecule has 0 spiro atoms. The van der Waals surface area contributed by atoms with E-state index < -0.39 is 0 Å². The van der Waals surface area contributed by atoms with Gasteiger partial charge in [0.25, 0.3) is 0 Å². The third-order valence-electron chi connectivity index (χ3n) is 5.70. The van der Waals surface area contributed by atoms with Crippen molar-refractivity contribution < 1.29 is 10.2 Å². The zero-order chi connectivity index (χ0) is 22.9. The predicted molar refractivity (Wildman–Crippen MR) is 129 cm³/mol. The average Bonchev–Trinajstić information content (AvgIpc) is 2.56. The predicted octanol–water partition coefficient (Wildman–Crippen LogP) is 7.82. The van der Waals surface area contributed by atoms with Crippen LogP contribution < -0.4 is 0 Å². The fourth-order valence-corrected chi connectivity index (χ4v) is 4.46. The molecule has 166 valence electrons. The van der Waals surface area contributed by atoms with Crippen LogP contribution in [0.4, 0.5) is 0 Å². The van der Waals surface area contributed by atoms with Gasteiger partial charge in [-0.3, -0.25) is 0 Å². The molecule has 0 aromatic heterocycles. The van der Waals surface area contributed by atoms with Crippen LogP contribution in [0.15, 0.2) is 24.3 Å². The lowest BCUT2D eigenvalue weighted by molar-refractivity contribution is 0.393. The number of hydrogen-bond acceptors (Lipinski definition) is 2. The lowest BCUT2D eigenvalue weighted by atomic mass is 9.79. The molecule has 2 heteroatoms. The summed E-state index contributed by atoms with van der Waals surface area (Å²) in [5.74, 6) is 1.06. The number of aryl methyl sites for hydroxylation is 2. The molecule has 0 heterocycles. The molecule has 0 saturated carbocycles. The largest absolute Gasteiger partial charge is 0.508 e. The summed E-state index contributed by atoms with van der Waals surface area (Å²) in [6, 6.07) is 8.33. The lowest BCUT2D eigenvalue weighted by Gasteiger charge is -2.26. The smallest absolute Gasteiger partial charge is 0.119 e. The van der Waals surface area contributed by atoms with Crippen molar-refractivity contribution in [3.8, 4) is 11.5 Å². The van der Waals surface area contributed by atoms with E-state index >= 15 is 0 Å². The Balaban J connectivity index is 2.63. The van der Waals surface area contributed by atoms with E-state index in [1.165, 1.54) is 11.1 Å². The third kappa shape index (κ3) is 6.27. The van der Waals surface area contributed by atoms with Gasteiger partial charge in [0.1, 0.15) is 11.5 Å². The van der Waals surface area contributed by atoms with Crippen LogP contribution in [-0.2, 0) is 12.8 Å². The van der Waals surface area contributed by atoms with E-state index in [9.17, 15) is 10.2 Å². The summed E-state index contributed by atoms with van der Waals surface area (Å²) < 4.78 is 0. The monoisotopic (exact) mass is 410 g/mol. The number of benzene rings is 2. The summed E-state index contributed by atoms with van der Waals surface area (Å²) in [4.78, 5) is 0. The van der Waals surface area contributed by atoms with Gasteiger partial charge >= 0.3 is 0 Å². The van der Waals surface area contributed by atoms with E-state index in [0.717, 1.165) is 47.9 Å². The molecule has 0 radical (unpaired) electrons. The zero-order valence-electron chi connectivity index (χ0n) is 20.6. The van der Waals surface area contributed by atoms with Gasteiger partial charge in [-0.2, -0.15) is 0 Å². The Labute approximate surface area is 184 Å². The molecular weight excluding hydrogens is 368 g/mol. The van der Waals surface area contributed by atoms with Gasteiger partial charge in [-0.1, -0.05) is 67.0 Å². The summed E-state index contributed by atoms with van der Waals surface area (Å²) in [7, 11) is 0.